The quantitative estimate of drug-likeness (QED) is 0.774. The largest absolute Gasteiger partial charge is 0.379 e. The third-order valence-corrected chi connectivity index (χ3v) is 4.75. The summed E-state index contributed by atoms with van der Waals surface area (Å²) in [5, 5.41) is 7.72. The number of rotatable bonds is 4. The first-order valence-electron chi connectivity index (χ1n) is 8.63. The van der Waals surface area contributed by atoms with Crippen molar-refractivity contribution >= 4 is 17.0 Å². The molecule has 0 unspecified atom stereocenters. The van der Waals surface area contributed by atoms with Gasteiger partial charge in [-0.3, -0.25) is 9.78 Å². The first-order chi connectivity index (χ1) is 12.6. The molecule has 0 aliphatic carbocycles. The lowest BCUT2D eigenvalue weighted by atomic mass is 9.95. The van der Waals surface area contributed by atoms with Crippen molar-refractivity contribution in [3.05, 3.63) is 53.1 Å². The van der Waals surface area contributed by atoms with E-state index in [1.807, 2.05) is 26.0 Å². The van der Waals surface area contributed by atoms with Crippen LogP contribution in [0.15, 0.2) is 35.1 Å². The first kappa shape index (κ1) is 16.7. The van der Waals surface area contributed by atoms with Crippen LogP contribution in [0, 0.1) is 19.8 Å². The van der Waals surface area contributed by atoms with Gasteiger partial charge in [0.1, 0.15) is 0 Å². The van der Waals surface area contributed by atoms with Crippen LogP contribution >= 0.6 is 0 Å². The molecule has 1 saturated heterocycles. The Morgan fingerprint density at radius 3 is 2.88 bits per heavy atom. The molecule has 1 aliphatic heterocycles. The Balaban J connectivity index is 1.55. The molecule has 3 aromatic heterocycles. The average molecular weight is 352 g/mol. The smallest absolute Gasteiger partial charge is 0.258 e. The third-order valence-electron chi connectivity index (χ3n) is 4.75. The molecule has 0 aromatic carbocycles. The lowest BCUT2D eigenvalue weighted by Crippen LogP contribution is -2.40. The maximum atomic E-state index is 12.9. The van der Waals surface area contributed by atoms with Gasteiger partial charge in [-0.05, 0) is 44.0 Å². The van der Waals surface area contributed by atoms with E-state index in [2.05, 4.69) is 20.4 Å². The molecule has 0 radical (unpaired) electrons. The van der Waals surface area contributed by atoms with Gasteiger partial charge >= 0.3 is 0 Å². The van der Waals surface area contributed by atoms with E-state index >= 15 is 0 Å². The highest BCUT2D eigenvalue weighted by molar-refractivity contribution is 6.06. The van der Waals surface area contributed by atoms with Crippen LogP contribution < -0.4 is 5.32 Å². The molecular formula is C19H20N4O3. The molecule has 26 heavy (non-hydrogen) atoms. The molecule has 0 spiro atoms. The van der Waals surface area contributed by atoms with Crippen LogP contribution in [-0.4, -0.2) is 40.3 Å². The van der Waals surface area contributed by atoms with Gasteiger partial charge in [-0.15, -0.1) is 0 Å². The van der Waals surface area contributed by atoms with E-state index in [4.69, 9.17) is 9.26 Å². The summed E-state index contributed by atoms with van der Waals surface area (Å²) in [7, 11) is 0. The Morgan fingerprint density at radius 2 is 2.08 bits per heavy atom. The standard InChI is InChI=1S/C19H20N4O3/c1-11-7-15(17-12(2)23-26-19(17)21-11)18(24)22-16-10-25-9-14(16)8-13-3-5-20-6-4-13/h3-7,14,16H,8-10H2,1-2H3,(H,22,24)/t14-,16-/m1/s1. The van der Waals surface area contributed by atoms with E-state index < -0.39 is 0 Å². The summed E-state index contributed by atoms with van der Waals surface area (Å²) in [5.41, 5.74) is 3.50. The maximum Gasteiger partial charge on any atom is 0.258 e. The molecule has 3 aromatic rings. The molecule has 0 bridgehead atoms. The van der Waals surface area contributed by atoms with Crippen molar-refractivity contribution in [3.63, 3.8) is 0 Å². The van der Waals surface area contributed by atoms with E-state index in [1.165, 1.54) is 5.56 Å². The van der Waals surface area contributed by atoms with Gasteiger partial charge in [-0.25, -0.2) is 4.98 Å². The Morgan fingerprint density at radius 1 is 1.27 bits per heavy atom. The number of pyridine rings is 2. The number of carbonyl (C=O) groups is 1. The van der Waals surface area contributed by atoms with Crippen molar-refractivity contribution in [1.29, 1.82) is 0 Å². The molecular weight excluding hydrogens is 332 g/mol. The lowest BCUT2D eigenvalue weighted by molar-refractivity contribution is 0.0926. The van der Waals surface area contributed by atoms with Gasteiger partial charge < -0.3 is 14.6 Å². The van der Waals surface area contributed by atoms with E-state index in [0.717, 1.165) is 12.1 Å². The Labute approximate surface area is 150 Å². The fraction of sp³-hybridized carbons (Fsp3) is 0.368. The predicted octanol–water partition coefficient (Wildman–Crippen LogP) is 2.22. The summed E-state index contributed by atoms with van der Waals surface area (Å²) in [6, 6.07) is 5.72. The van der Waals surface area contributed by atoms with Crippen LogP contribution in [0.2, 0.25) is 0 Å². The molecule has 7 nitrogen and oxygen atoms in total. The number of aromatic nitrogens is 3. The number of fused-ring (bicyclic) bond motifs is 1. The fourth-order valence-electron chi connectivity index (χ4n) is 3.42. The highest BCUT2D eigenvalue weighted by atomic mass is 16.5. The second kappa shape index (κ2) is 6.84. The number of ether oxygens (including phenoxy) is 1. The van der Waals surface area contributed by atoms with E-state index in [1.54, 1.807) is 18.5 Å². The zero-order valence-corrected chi connectivity index (χ0v) is 14.7. The first-order valence-corrected chi connectivity index (χ1v) is 8.63. The van der Waals surface area contributed by atoms with Crippen molar-refractivity contribution in [1.82, 2.24) is 20.4 Å². The van der Waals surface area contributed by atoms with Gasteiger partial charge in [0.15, 0.2) is 0 Å². The zero-order chi connectivity index (χ0) is 18.1. The number of hydrogen-bond donors (Lipinski definition) is 1. The molecule has 1 amide bonds. The molecule has 134 valence electrons. The average Bonchev–Trinajstić information content (AvgIpc) is 3.22. The third kappa shape index (κ3) is 3.17. The summed E-state index contributed by atoms with van der Waals surface area (Å²) in [6.07, 6.45) is 4.40. The summed E-state index contributed by atoms with van der Waals surface area (Å²) in [4.78, 5) is 21.3. The molecule has 2 atom stereocenters. The minimum atomic E-state index is -0.151. The Bertz CT molecular complexity index is 939. The van der Waals surface area contributed by atoms with Crippen molar-refractivity contribution in [2.75, 3.05) is 13.2 Å². The molecule has 4 heterocycles. The van der Waals surface area contributed by atoms with Crippen molar-refractivity contribution in [2.24, 2.45) is 5.92 Å². The molecule has 1 fully saturated rings. The van der Waals surface area contributed by atoms with Crippen LogP contribution in [0.25, 0.3) is 11.1 Å². The van der Waals surface area contributed by atoms with Gasteiger partial charge in [0.05, 0.1) is 35.9 Å². The van der Waals surface area contributed by atoms with Crippen LogP contribution in [0.1, 0.15) is 27.3 Å². The lowest BCUT2D eigenvalue weighted by Gasteiger charge is -2.19. The number of amides is 1. The van der Waals surface area contributed by atoms with Gasteiger partial charge in [-0.2, -0.15) is 0 Å². The molecule has 1 N–H and O–H groups in total. The van der Waals surface area contributed by atoms with Gasteiger partial charge in [0.2, 0.25) is 0 Å². The second-order valence-electron chi connectivity index (χ2n) is 6.70. The monoisotopic (exact) mass is 352 g/mol. The Hall–Kier alpha value is -2.80. The summed E-state index contributed by atoms with van der Waals surface area (Å²) in [6.45, 7) is 4.78. The molecule has 7 heteroatoms. The predicted molar refractivity (Wildman–Crippen MR) is 94.8 cm³/mol. The Kier molecular flexibility index (Phi) is 4.38. The fourth-order valence-corrected chi connectivity index (χ4v) is 3.42. The SMILES string of the molecule is Cc1cc(C(=O)N[C@@H]2COC[C@H]2Cc2ccncc2)c2c(C)noc2n1. The molecule has 4 rings (SSSR count). The van der Waals surface area contributed by atoms with Crippen LogP contribution in [0.4, 0.5) is 0 Å². The minimum Gasteiger partial charge on any atom is -0.379 e. The van der Waals surface area contributed by atoms with Crippen LogP contribution in [-0.2, 0) is 11.2 Å². The van der Waals surface area contributed by atoms with Crippen molar-refractivity contribution in [3.8, 4) is 0 Å². The highest BCUT2D eigenvalue weighted by Gasteiger charge is 2.30. The highest BCUT2D eigenvalue weighted by Crippen LogP contribution is 2.24. The van der Waals surface area contributed by atoms with Crippen LogP contribution in [0.3, 0.4) is 0 Å². The summed E-state index contributed by atoms with van der Waals surface area (Å²) < 4.78 is 10.8. The number of carbonyl (C=O) groups excluding carboxylic acids is 1. The second-order valence-corrected chi connectivity index (χ2v) is 6.70. The summed E-state index contributed by atoms with van der Waals surface area (Å²) >= 11 is 0. The van der Waals surface area contributed by atoms with E-state index in [-0.39, 0.29) is 17.9 Å². The summed E-state index contributed by atoms with van der Waals surface area (Å²) in [5.74, 6) is 0.0744. The maximum absolute atomic E-state index is 12.9. The number of hydrogen-bond acceptors (Lipinski definition) is 6. The molecule has 1 aliphatic rings. The normalized spacial score (nSPS) is 19.8. The number of nitrogens with one attached hydrogen (secondary N) is 1. The molecule has 0 saturated carbocycles. The van der Waals surface area contributed by atoms with Crippen molar-refractivity contribution in [2.45, 2.75) is 26.3 Å². The van der Waals surface area contributed by atoms with E-state index in [0.29, 0.717) is 35.6 Å². The van der Waals surface area contributed by atoms with Gasteiger partial charge in [0.25, 0.3) is 11.6 Å². The van der Waals surface area contributed by atoms with Crippen LogP contribution in [0.5, 0.6) is 0 Å². The van der Waals surface area contributed by atoms with Gasteiger partial charge in [0, 0.05) is 24.0 Å². The van der Waals surface area contributed by atoms with E-state index in [9.17, 15) is 4.79 Å². The topological polar surface area (TPSA) is 90.1 Å². The zero-order valence-electron chi connectivity index (χ0n) is 14.7. The number of aryl methyl sites for hydroxylation is 2. The minimum absolute atomic E-state index is 0.0423. The van der Waals surface area contributed by atoms with Gasteiger partial charge in [-0.1, -0.05) is 5.16 Å². The van der Waals surface area contributed by atoms with Crippen molar-refractivity contribution < 1.29 is 14.1 Å². The number of nitrogens with zero attached hydrogens (tertiary/aromatic N) is 3.